The summed E-state index contributed by atoms with van der Waals surface area (Å²) in [5.74, 6) is -0.736. The van der Waals surface area contributed by atoms with Crippen molar-refractivity contribution in [1.29, 1.82) is 0 Å². The van der Waals surface area contributed by atoms with E-state index in [-0.39, 0.29) is 6.42 Å². The third-order valence-electron chi connectivity index (χ3n) is 0.957. The van der Waals surface area contributed by atoms with E-state index < -0.39 is 5.97 Å². The van der Waals surface area contributed by atoms with Gasteiger partial charge in [0.25, 0.3) is 0 Å². The number of rotatable bonds is 3. The predicted octanol–water partition coefficient (Wildman–Crippen LogP) is 0.296. The number of hydrogen-bond acceptors (Lipinski definition) is 2. The molecule has 2 N–H and O–H groups in total. The molecule has 8 heavy (non-hydrogen) atoms. The fourth-order valence-corrected chi connectivity index (χ4v) is 0.437. The van der Waals surface area contributed by atoms with Gasteiger partial charge in [-0.05, 0) is 6.42 Å². The lowest BCUT2D eigenvalue weighted by Crippen LogP contribution is -1.93. The molecule has 0 amide bonds. The highest BCUT2D eigenvalue weighted by Gasteiger charge is 2.06. The first kappa shape index (κ1) is 5.15. The van der Waals surface area contributed by atoms with E-state index >= 15 is 0 Å². The van der Waals surface area contributed by atoms with Gasteiger partial charge in [0, 0.05) is 11.9 Å². The van der Waals surface area contributed by atoms with Crippen LogP contribution in [0, 0.1) is 0 Å². The summed E-state index contributed by atoms with van der Waals surface area (Å²) in [4.78, 5) is 9.88. The zero-order valence-corrected chi connectivity index (χ0v) is 4.35. The first-order valence-corrected chi connectivity index (χ1v) is 2.46. The van der Waals surface area contributed by atoms with Crippen LogP contribution in [0.4, 0.5) is 0 Å². The molecule has 1 aliphatic rings. The quantitative estimate of drug-likeness (QED) is 0.553. The van der Waals surface area contributed by atoms with Gasteiger partial charge in [-0.1, -0.05) is 0 Å². The third-order valence-corrected chi connectivity index (χ3v) is 0.957. The lowest BCUT2D eigenvalue weighted by Gasteiger charge is -1.84. The van der Waals surface area contributed by atoms with Crippen LogP contribution in [0.3, 0.4) is 0 Å². The fourth-order valence-electron chi connectivity index (χ4n) is 0.437. The molecule has 0 spiro atoms. The monoisotopic (exact) mass is 113 g/mol. The smallest absolute Gasteiger partial charge is 0.303 e. The van der Waals surface area contributed by atoms with Gasteiger partial charge >= 0.3 is 5.97 Å². The molecule has 0 unspecified atom stereocenters. The van der Waals surface area contributed by atoms with Crippen LogP contribution in [0.25, 0.3) is 0 Å². The molecule has 0 fully saturated rings. The summed E-state index contributed by atoms with van der Waals surface area (Å²) in [5.41, 5.74) is 1.05. The maximum Gasteiger partial charge on any atom is 0.303 e. The zero-order chi connectivity index (χ0) is 5.98. The Morgan fingerprint density at radius 2 is 2.50 bits per heavy atom. The SMILES string of the molecule is O=C(O)CCC1=CN1. The maximum atomic E-state index is 9.88. The molecule has 0 aromatic heterocycles. The summed E-state index contributed by atoms with van der Waals surface area (Å²) in [6.07, 6.45) is 2.69. The van der Waals surface area contributed by atoms with Gasteiger partial charge < -0.3 is 10.4 Å². The average Bonchev–Trinajstić information content (AvgIpc) is 2.41. The number of carboxylic acid groups (broad SMARTS) is 1. The van der Waals surface area contributed by atoms with Crippen molar-refractivity contribution >= 4 is 5.97 Å². The van der Waals surface area contributed by atoms with Gasteiger partial charge in [-0.2, -0.15) is 0 Å². The van der Waals surface area contributed by atoms with Crippen molar-refractivity contribution in [2.75, 3.05) is 0 Å². The van der Waals surface area contributed by atoms with Crippen molar-refractivity contribution in [2.45, 2.75) is 12.8 Å². The van der Waals surface area contributed by atoms with Gasteiger partial charge in [0.1, 0.15) is 0 Å². The molecule has 0 saturated heterocycles. The largest absolute Gasteiger partial charge is 0.481 e. The number of carbonyl (C=O) groups is 1. The highest BCUT2D eigenvalue weighted by Crippen LogP contribution is 2.08. The predicted molar refractivity (Wildman–Crippen MR) is 28.1 cm³/mol. The Kier molecular flexibility index (Phi) is 1.20. The van der Waals surface area contributed by atoms with Crippen LogP contribution >= 0.6 is 0 Å². The van der Waals surface area contributed by atoms with Crippen molar-refractivity contribution in [3.05, 3.63) is 11.9 Å². The van der Waals surface area contributed by atoms with Gasteiger partial charge in [-0.25, -0.2) is 0 Å². The van der Waals surface area contributed by atoms with Crippen molar-refractivity contribution < 1.29 is 9.90 Å². The summed E-state index contributed by atoms with van der Waals surface area (Å²) in [6.45, 7) is 0. The summed E-state index contributed by atoms with van der Waals surface area (Å²) in [5, 5.41) is 11.0. The highest BCUT2D eigenvalue weighted by molar-refractivity contribution is 5.67. The Balaban J connectivity index is 2.04. The second-order valence-electron chi connectivity index (χ2n) is 1.71. The molecule has 1 aliphatic heterocycles. The molecule has 0 aliphatic carbocycles. The van der Waals surface area contributed by atoms with Crippen LogP contribution in [0.15, 0.2) is 11.9 Å². The first-order valence-electron chi connectivity index (χ1n) is 2.46. The standard InChI is InChI=1S/C5H7NO2/c7-5(8)2-1-4-3-6-4/h3,6H,1-2H2,(H,7,8). The molecule has 0 radical (unpaired) electrons. The fraction of sp³-hybridized carbons (Fsp3) is 0.400. The number of hydrogen-bond donors (Lipinski definition) is 2. The summed E-state index contributed by atoms with van der Waals surface area (Å²) in [6, 6.07) is 0. The summed E-state index contributed by atoms with van der Waals surface area (Å²) < 4.78 is 0. The Hall–Kier alpha value is -0.990. The zero-order valence-electron chi connectivity index (χ0n) is 4.35. The minimum atomic E-state index is -0.736. The molecule has 44 valence electrons. The van der Waals surface area contributed by atoms with Gasteiger partial charge in [-0.15, -0.1) is 0 Å². The van der Waals surface area contributed by atoms with E-state index in [1.54, 1.807) is 0 Å². The molecule has 0 bridgehead atoms. The molecule has 0 saturated carbocycles. The van der Waals surface area contributed by atoms with Crippen LogP contribution in [0.5, 0.6) is 0 Å². The topological polar surface area (TPSA) is 59.2 Å². The molecular formula is C5H7NO2. The van der Waals surface area contributed by atoms with E-state index in [9.17, 15) is 4.79 Å². The highest BCUT2D eigenvalue weighted by atomic mass is 16.4. The molecular weight excluding hydrogens is 106 g/mol. The van der Waals surface area contributed by atoms with Crippen LogP contribution in [-0.2, 0) is 4.79 Å². The van der Waals surface area contributed by atoms with E-state index in [0.29, 0.717) is 6.42 Å². The van der Waals surface area contributed by atoms with E-state index in [2.05, 4.69) is 5.32 Å². The second kappa shape index (κ2) is 1.86. The molecule has 0 aromatic carbocycles. The Labute approximate surface area is 47.0 Å². The number of nitrogens with one attached hydrogen (secondary N) is 1. The lowest BCUT2D eigenvalue weighted by atomic mass is 10.3. The van der Waals surface area contributed by atoms with Crippen LogP contribution < -0.4 is 5.32 Å². The van der Waals surface area contributed by atoms with E-state index in [4.69, 9.17) is 5.11 Å². The summed E-state index contributed by atoms with van der Waals surface area (Å²) >= 11 is 0. The molecule has 0 aromatic rings. The first-order chi connectivity index (χ1) is 3.79. The van der Waals surface area contributed by atoms with E-state index in [0.717, 1.165) is 5.70 Å². The Morgan fingerprint density at radius 3 is 2.88 bits per heavy atom. The van der Waals surface area contributed by atoms with E-state index in [1.807, 2.05) is 6.20 Å². The van der Waals surface area contributed by atoms with Crippen LogP contribution in [-0.4, -0.2) is 11.1 Å². The van der Waals surface area contributed by atoms with Gasteiger partial charge in [0.15, 0.2) is 0 Å². The van der Waals surface area contributed by atoms with Gasteiger partial charge in [0.05, 0.1) is 6.42 Å². The van der Waals surface area contributed by atoms with Crippen molar-refractivity contribution in [1.82, 2.24) is 5.32 Å². The van der Waals surface area contributed by atoms with Crippen molar-refractivity contribution in [2.24, 2.45) is 0 Å². The van der Waals surface area contributed by atoms with E-state index in [1.165, 1.54) is 0 Å². The van der Waals surface area contributed by atoms with Crippen molar-refractivity contribution in [3.8, 4) is 0 Å². The molecule has 0 atom stereocenters. The van der Waals surface area contributed by atoms with Crippen molar-refractivity contribution in [3.63, 3.8) is 0 Å². The van der Waals surface area contributed by atoms with Crippen LogP contribution in [0.1, 0.15) is 12.8 Å². The normalized spacial score (nSPS) is 14.2. The van der Waals surface area contributed by atoms with Gasteiger partial charge in [0.2, 0.25) is 0 Å². The summed E-state index contributed by atoms with van der Waals surface area (Å²) in [7, 11) is 0. The minimum absolute atomic E-state index is 0.235. The third kappa shape index (κ3) is 1.64. The molecule has 1 rings (SSSR count). The Morgan fingerprint density at radius 1 is 1.88 bits per heavy atom. The van der Waals surface area contributed by atoms with Crippen LogP contribution in [0.2, 0.25) is 0 Å². The molecule has 3 heteroatoms. The molecule has 1 heterocycles. The van der Waals surface area contributed by atoms with Gasteiger partial charge in [-0.3, -0.25) is 4.79 Å². The minimum Gasteiger partial charge on any atom is -0.481 e. The maximum absolute atomic E-state index is 9.88. The molecule has 3 nitrogen and oxygen atoms in total. The lowest BCUT2D eigenvalue weighted by molar-refractivity contribution is -0.136. The second-order valence-corrected chi connectivity index (χ2v) is 1.71. The Bertz CT molecular complexity index is 137. The number of aliphatic carboxylic acids is 1. The number of carboxylic acids is 1. The number of allylic oxidation sites excluding steroid dienone is 1. The average molecular weight is 113 g/mol.